The molecule has 0 unspecified atom stereocenters. The summed E-state index contributed by atoms with van der Waals surface area (Å²) in [6, 6.07) is 13.7. The zero-order valence-electron chi connectivity index (χ0n) is 16.4. The van der Waals surface area contributed by atoms with Gasteiger partial charge in [-0.1, -0.05) is 41.4 Å². The number of hydrogen-bond acceptors (Lipinski definition) is 8. The lowest BCUT2D eigenvalue weighted by molar-refractivity contribution is -0.112. The van der Waals surface area contributed by atoms with E-state index >= 15 is 0 Å². The van der Waals surface area contributed by atoms with E-state index in [2.05, 4.69) is 14.7 Å². The molecule has 0 radical (unpaired) electrons. The Kier molecular flexibility index (Phi) is 7.48. The zero-order chi connectivity index (χ0) is 23.3. The van der Waals surface area contributed by atoms with Crippen LogP contribution in [-0.4, -0.2) is 29.9 Å². The van der Waals surface area contributed by atoms with Gasteiger partial charge in [0.1, 0.15) is 24.0 Å². The van der Waals surface area contributed by atoms with Crippen LogP contribution in [0.4, 0.5) is 5.13 Å². The van der Waals surface area contributed by atoms with Crippen molar-refractivity contribution in [1.29, 1.82) is 5.26 Å². The van der Waals surface area contributed by atoms with E-state index in [0.29, 0.717) is 38.5 Å². The molecular weight excluding hydrogens is 495 g/mol. The average Bonchev–Trinajstić information content (AvgIpc) is 3.21. The molecular formula is C20H14Cl2N4O4S2. The van der Waals surface area contributed by atoms with E-state index in [-0.39, 0.29) is 17.3 Å². The molecule has 0 atom stereocenters. The van der Waals surface area contributed by atoms with Crippen LogP contribution in [0.1, 0.15) is 11.1 Å². The minimum Gasteiger partial charge on any atom is -0.489 e. The number of benzene rings is 2. The number of halogens is 2. The van der Waals surface area contributed by atoms with Gasteiger partial charge in [0.05, 0.1) is 0 Å². The fourth-order valence-electron chi connectivity index (χ4n) is 2.38. The summed E-state index contributed by atoms with van der Waals surface area (Å²) >= 11 is 13.0. The van der Waals surface area contributed by atoms with Crippen LogP contribution >= 0.6 is 34.7 Å². The number of ether oxygens (including phenoxy) is 1. The molecule has 1 N–H and O–H groups in total. The number of rotatable bonds is 7. The number of aromatic nitrogens is 2. The lowest BCUT2D eigenvalue weighted by Crippen LogP contribution is -2.13. The average molecular weight is 509 g/mol. The number of carbonyl (C=O) groups is 1. The van der Waals surface area contributed by atoms with Crippen LogP contribution < -0.4 is 10.1 Å². The lowest BCUT2D eigenvalue weighted by atomic mass is 10.1. The standard InChI is InChI=1S/C20H14Cl2N4O4S2/c1-32(28,29)20-25-19(31-26-20)24-18(27)13(10-23)9-12-5-7-14(8-6-12)30-11-15-16(21)3-2-4-17(15)22/h2-9H,11H2,1H3,(H,24,25,26,27)/b13-9-. The Morgan fingerprint density at radius 2 is 1.88 bits per heavy atom. The highest BCUT2D eigenvalue weighted by molar-refractivity contribution is 7.90. The second-order valence-corrected chi connectivity index (χ2v) is 9.81. The molecule has 32 heavy (non-hydrogen) atoms. The van der Waals surface area contributed by atoms with Crippen LogP contribution in [0.3, 0.4) is 0 Å². The maximum absolute atomic E-state index is 12.3. The quantitative estimate of drug-likeness (QED) is 0.371. The van der Waals surface area contributed by atoms with Crippen LogP contribution in [0.5, 0.6) is 5.75 Å². The lowest BCUT2D eigenvalue weighted by Gasteiger charge is -2.09. The van der Waals surface area contributed by atoms with Crippen LogP contribution in [0.15, 0.2) is 53.2 Å². The molecule has 0 aliphatic carbocycles. The molecule has 0 saturated heterocycles. The summed E-state index contributed by atoms with van der Waals surface area (Å²) in [5, 5.41) is 12.3. The van der Waals surface area contributed by atoms with E-state index in [1.165, 1.54) is 6.08 Å². The second kappa shape index (κ2) is 10.1. The van der Waals surface area contributed by atoms with Crippen molar-refractivity contribution in [2.45, 2.75) is 11.8 Å². The van der Waals surface area contributed by atoms with Gasteiger partial charge in [-0.2, -0.15) is 14.6 Å². The Labute approximate surface area is 198 Å². The summed E-state index contributed by atoms with van der Waals surface area (Å²) in [4.78, 5) is 16.1. The third-order valence-corrected chi connectivity index (χ3v) is 6.26. The van der Waals surface area contributed by atoms with Crippen LogP contribution in [-0.2, 0) is 21.2 Å². The van der Waals surface area contributed by atoms with Crippen LogP contribution in [0.2, 0.25) is 10.0 Å². The van der Waals surface area contributed by atoms with Crippen molar-refractivity contribution in [3.63, 3.8) is 0 Å². The normalized spacial score (nSPS) is 11.6. The van der Waals surface area contributed by atoms with Gasteiger partial charge in [-0.05, 0) is 35.9 Å². The fraction of sp³-hybridized carbons (Fsp3) is 0.100. The number of carbonyl (C=O) groups excluding carboxylic acids is 1. The number of sulfone groups is 1. The van der Waals surface area contributed by atoms with Crippen LogP contribution in [0, 0.1) is 11.3 Å². The number of nitrogens with zero attached hydrogens (tertiary/aromatic N) is 3. The molecule has 1 aromatic heterocycles. The molecule has 0 aliphatic rings. The monoisotopic (exact) mass is 508 g/mol. The van der Waals surface area contributed by atoms with Crippen LogP contribution in [0.25, 0.3) is 6.08 Å². The number of nitrogens with one attached hydrogen (secondary N) is 1. The van der Waals surface area contributed by atoms with Crippen molar-refractivity contribution in [2.24, 2.45) is 0 Å². The predicted octanol–water partition coefficient (Wildman–Crippen LogP) is 4.37. The van der Waals surface area contributed by atoms with Gasteiger partial charge in [-0.25, -0.2) is 8.42 Å². The SMILES string of the molecule is CS(=O)(=O)c1nsc(NC(=O)/C(C#N)=C\c2ccc(OCc3c(Cl)cccc3Cl)cc2)n1. The Morgan fingerprint density at radius 3 is 2.44 bits per heavy atom. The minimum absolute atomic E-state index is 0.0291. The van der Waals surface area contributed by atoms with Gasteiger partial charge in [-0.15, -0.1) is 0 Å². The first-order chi connectivity index (χ1) is 15.2. The Morgan fingerprint density at radius 1 is 1.22 bits per heavy atom. The van der Waals surface area contributed by atoms with Crippen molar-refractivity contribution in [3.05, 3.63) is 69.2 Å². The van der Waals surface area contributed by atoms with Gasteiger partial charge < -0.3 is 4.74 Å². The molecule has 0 fully saturated rings. The molecule has 3 aromatic rings. The number of amides is 1. The number of anilines is 1. The zero-order valence-corrected chi connectivity index (χ0v) is 19.5. The van der Waals surface area contributed by atoms with Crippen molar-refractivity contribution >= 4 is 61.7 Å². The Bertz CT molecular complexity index is 1310. The first-order valence-corrected chi connectivity index (χ1v) is 12.2. The maximum atomic E-state index is 12.3. The van der Waals surface area contributed by atoms with E-state index in [9.17, 15) is 18.5 Å². The van der Waals surface area contributed by atoms with Crippen molar-refractivity contribution in [2.75, 3.05) is 11.6 Å². The van der Waals surface area contributed by atoms with Crippen molar-refractivity contribution in [1.82, 2.24) is 9.36 Å². The largest absolute Gasteiger partial charge is 0.489 e. The summed E-state index contributed by atoms with van der Waals surface area (Å²) in [6.07, 6.45) is 2.33. The molecule has 8 nitrogen and oxygen atoms in total. The molecule has 12 heteroatoms. The van der Waals surface area contributed by atoms with E-state index in [4.69, 9.17) is 27.9 Å². The van der Waals surface area contributed by atoms with Gasteiger partial charge in [0.25, 0.3) is 11.1 Å². The molecule has 164 valence electrons. The first kappa shape index (κ1) is 23.7. The third kappa shape index (κ3) is 6.05. The summed E-state index contributed by atoms with van der Waals surface area (Å²) in [6.45, 7) is 0.177. The van der Waals surface area contributed by atoms with E-state index < -0.39 is 20.9 Å². The first-order valence-electron chi connectivity index (χ1n) is 8.80. The van der Waals surface area contributed by atoms with Gasteiger partial charge in [0.2, 0.25) is 15.0 Å². The minimum atomic E-state index is -3.59. The summed E-state index contributed by atoms with van der Waals surface area (Å²) in [5.74, 6) is -0.194. The van der Waals surface area contributed by atoms with E-state index in [1.54, 1.807) is 42.5 Å². The highest BCUT2D eigenvalue weighted by atomic mass is 35.5. The maximum Gasteiger partial charge on any atom is 0.268 e. The highest BCUT2D eigenvalue weighted by Gasteiger charge is 2.17. The van der Waals surface area contributed by atoms with E-state index in [1.807, 2.05) is 6.07 Å². The topological polar surface area (TPSA) is 122 Å². The van der Waals surface area contributed by atoms with Gasteiger partial charge in [0, 0.05) is 33.4 Å². The molecule has 1 amide bonds. The van der Waals surface area contributed by atoms with Gasteiger partial charge >= 0.3 is 0 Å². The van der Waals surface area contributed by atoms with Crippen molar-refractivity contribution in [3.8, 4) is 11.8 Å². The highest BCUT2D eigenvalue weighted by Crippen LogP contribution is 2.26. The van der Waals surface area contributed by atoms with Crippen molar-refractivity contribution < 1.29 is 17.9 Å². The number of nitriles is 1. The van der Waals surface area contributed by atoms with Gasteiger partial charge in [-0.3, -0.25) is 10.1 Å². The third-order valence-electron chi connectivity index (χ3n) is 3.96. The molecule has 0 aliphatic heterocycles. The fourth-order valence-corrected chi connectivity index (χ4v) is 4.32. The molecule has 3 rings (SSSR count). The molecule has 1 heterocycles. The smallest absolute Gasteiger partial charge is 0.268 e. The summed E-state index contributed by atoms with van der Waals surface area (Å²) in [7, 11) is -3.59. The molecule has 0 spiro atoms. The second-order valence-electron chi connectivity index (χ2n) is 6.34. The Balaban J connectivity index is 1.67. The molecule has 0 saturated carbocycles. The predicted molar refractivity (Wildman–Crippen MR) is 122 cm³/mol. The molecule has 0 bridgehead atoms. The Hall–Kier alpha value is -2.97. The van der Waals surface area contributed by atoms with Gasteiger partial charge in [0.15, 0.2) is 0 Å². The summed E-state index contributed by atoms with van der Waals surface area (Å²) in [5.41, 5.74) is 1.05. The summed E-state index contributed by atoms with van der Waals surface area (Å²) < 4.78 is 32.2. The molecule has 2 aromatic carbocycles. The van der Waals surface area contributed by atoms with E-state index in [0.717, 1.165) is 6.26 Å². The number of hydrogen-bond donors (Lipinski definition) is 1.